The molecule has 0 aliphatic carbocycles. The van der Waals surface area contributed by atoms with Crippen molar-refractivity contribution in [1.29, 1.82) is 0 Å². The van der Waals surface area contributed by atoms with E-state index in [9.17, 15) is 4.79 Å². The van der Waals surface area contributed by atoms with Crippen molar-refractivity contribution in [2.75, 3.05) is 36.9 Å². The van der Waals surface area contributed by atoms with E-state index >= 15 is 0 Å². The average molecular weight is 379 g/mol. The third kappa shape index (κ3) is 3.55. The largest absolute Gasteiger partial charge is 0.351 e. The molecule has 1 aliphatic rings. The highest BCUT2D eigenvalue weighted by Crippen LogP contribution is 2.34. The molecule has 1 amide bonds. The molecule has 0 radical (unpaired) electrons. The van der Waals surface area contributed by atoms with Gasteiger partial charge in [0.25, 0.3) is 0 Å². The van der Waals surface area contributed by atoms with Crippen LogP contribution < -0.4 is 10.2 Å². The highest BCUT2D eigenvalue weighted by atomic mass is 16.1. The summed E-state index contributed by atoms with van der Waals surface area (Å²) in [7, 11) is 4.06. The molecule has 0 bridgehead atoms. The maximum absolute atomic E-state index is 11.4. The van der Waals surface area contributed by atoms with Crippen LogP contribution in [0.25, 0.3) is 22.0 Å². The van der Waals surface area contributed by atoms with Gasteiger partial charge in [-0.25, -0.2) is 9.97 Å². The maximum Gasteiger partial charge on any atom is 0.222 e. The van der Waals surface area contributed by atoms with Gasteiger partial charge >= 0.3 is 0 Å². The van der Waals surface area contributed by atoms with E-state index in [1.165, 1.54) is 6.92 Å². The van der Waals surface area contributed by atoms with Gasteiger partial charge in [0.1, 0.15) is 11.6 Å². The Morgan fingerprint density at radius 2 is 2.04 bits per heavy atom. The fourth-order valence-corrected chi connectivity index (χ4v) is 3.76. The molecule has 1 atom stereocenters. The molecule has 3 aromatic heterocycles. The van der Waals surface area contributed by atoms with E-state index in [4.69, 9.17) is 4.98 Å². The quantitative estimate of drug-likeness (QED) is 0.751. The Hall–Kier alpha value is -3.00. The van der Waals surface area contributed by atoms with Crippen LogP contribution in [0.2, 0.25) is 0 Å². The van der Waals surface area contributed by atoms with Crippen molar-refractivity contribution in [3.8, 4) is 11.1 Å². The SMILES string of the molecule is CC(=O)Nc1cc2cc(-c3cnn(C)c3)c(N3CCN(C)C[C@@H]3C)nc2cn1. The molecule has 4 heterocycles. The van der Waals surface area contributed by atoms with Crippen LogP contribution in [-0.4, -0.2) is 63.3 Å². The van der Waals surface area contributed by atoms with Crippen molar-refractivity contribution in [2.45, 2.75) is 19.9 Å². The van der Waals surface area contributed by atoms with E-state index in [-0.39, 0.29) is 5.91 Å². The number of carbonyl (C=O) groups is 1. The third-order valence-corrected chi connectivity index (χ3v) is 5.10. The molecule has 0 unspecified atom stereocenters. The van der Waals surface area contributed by atoms with Crippen LogP contribution in [0.4, 0.5) is 11.6 Å². The van der Waals surface area contributed by atoms with Gasteiger partial charge in [-0.1, -0.05) is 0 Å². The van der Waals surface area contributed by atoms with Crippen molar-refractivity contribution in [1.82, 2.24) is 24.6 Å². The Morgan fingerprint density at radius 3 is 2.71 bits per heavy atom. The zero-order chi connectivity index (χ0) is 19.8. The fourth-order valence-electron chi connectivity index (χ4n) is 3.76. The summed E-state index contributed by atoms with van der Waals surface area (Å²) in [5, 5.41) is 8.01. The van der Waals surface area contributed by atoms with Gasteiger partial charge in [-0.05, 0) is 26.1 Å². The van der Waals surface area contributed by atoms with Crippen molar-refractivity contribution in [3.05, 3.63) is 30.7 Å². The van der Waals surface area contributed by atoms with Crippen LogP contribution in [-0.2, 0) is 11.8 Å². The number of nitrogens with zero attached hydrogens (tertiary/aromatic N) is 6. The molecule has 1 saturated heterocycles. The normalized spacial score (nSPS) is 17.9. The van der Waals surface area contributed by atoms with Gasteiger partial charge in [0.15, 0.2) is 0 Å². The number of rotatable bonds is 3. The summed E-state index contributed by atoms with van der Waals surface area (Å²) in [5.74, 6) is 1.34. The fraction of sp³-hybridized carbons (Fsp3) is 0.400. The molecule has 8 heteroatoms. The first-order valence-electron chi connectivity index (χ1n) is 9.43. The van der Waals surface area contributed by atoms with E-state index in [0.717, 1.165) is 47.5 Å². The zero-order valence-electron chi connectivity index (χ0n) is 16.7. The topological polar surface area (TPSA) is 79.2 Å². The Labute approximate surface area is 164 Å². The smallest absolute Gasteiger partial charge is 0.222 e. The van der Waals surface area contributed by atoms with E-state index in [0.29, 0.717) is 11.9 Å². The van der Waals surface area contributed by atoms with Crippen molar-refractivity contribution in [3.63, 3.8) is 0 Å². The van der Waals surface area contributed by atoms with Gasteiger partial charge in [0.05, 0.1) is 17.9 Å². The molecule has 4 rings (SSSR count). The lowest BCUT2D eigenvalue weighted by atomic mass is 10.1. The summed E-state index contributed by atoms with van der Waals surface area (Å²) in [4.78, 5) is 25.4. The lowest BCUT2D eigenvalue weighted by molar-refractivity contribution is -0.114. The number of aryl methyl sites for hydroxylation is 1. The summed E-state index contributed by atoms with van der Waals surface area (Å²) < 4.78 is 1.80. The van der Waals surface area contributed by atoms with Crippen LogP contribution in [0.15, 0.2) is 30.7 Å². The summed E-state index contributed by atoms with van der Waals surface area (Å²) >= 11 is 0. The van der Waals surface area contributed by atoms with Gasteiger partial charge in [0, 0.05) is 62.4 Å². The highest BCUT2D eigenvalue weighted by molar-refractivity contribution is 5.93. The number of amides is 1. The van der Waals surface area contributed by atoms with Crippen LogP contribution in [0.5, 0.6) is 0 Å². The number of likely N-dealkylation sites (N-methyl/N-ethyl adjacent to an activating group) is 1. The first kappa shape index (κ1) is 18.4. The van der Waals surface area contributed by atoms with Gasteiger partial charge in [-0.2, -0.15) is 5.10 Å². The van der Waals surface area contributed by atoms with Crippen molar-refractivity contribution >= 4 is 28.4 Å². The number of fused-ring (bicyclic) bond motifs is 1. The Bertz CT molecular complexity index is 1030. The van der Waals surface area contributed by atoms with Crippen molar-refractivity contribution in [2.24, 2.45) is 7.05 Å². The average Bonchev–Trinajstić information content (AvgIpc) is 3.06. The summed E-state index contributed by atoms with van der Waals surface area (Å²) in [5.41, 5.74) is 2.87. The van der Waals surface area contributed by atoms with E-state index < -0.39 is 0 Å². The second kappa shape index (κ2) is 7.20. The number of piperazine rings is 1. The number of hydrogen-bond acceptors (Lipinski definition) is 6. The Kier molecular flexibility index (Phi) is 4.72. The van der Waals surface area contributed by atoms with E-state index in [2.05, 4.69) is 45.2 Å². The lowest BCUT2D eigenvalue weighted by Gasteiger charge is -2.39. The summed E-state index contributed by atoms with van der Waals surface area (Å²) in [6.45, 7) is 6.61. The summed E-state index contributed by atoms with van der Waals surface area (Å²) in [6, 6.07) is 4.33. The molecule has 28 heavy (non-hydrogen) atoms. The maximum atomic E-state index is 11.4. The lowest BCUT2D eigenvalue weighted by Crippen LogP contribution is -2.51. The molecular formula is C20H25N7O. The minimum atomic E-state index is -0.143. The molecular weight excluding hydrogens is 354 g/mol. The van der Waals surface area contributed by atoms with Crippen LogP contribution >= 0.6 is 0 Å². The van der Waals surface area contributed by atoms with Gasteiger partial charge in [0.2, 0.25) is 5.91 Å². The van der Waals surface area contributed by atoms with E-state index in [1.807, 2.05) is 25.5 Å². The van der Waals surface area contributed by atoms with Crippen LogP contribution in [0.1, 0.15) is 13.8 Å². The number of hydrogen-bond donors (Lipinski definition) is 1. The predicted octanol–water partition coefficient (Wildman–Crippen LogP) is 2.13. The Balaban J connectivity index is 1.85. The monoisotopic (exact) mass is 379 g/mol. The molecule has 0 saturated carbocycles. The molecule has 1 aliphatic heterocycles. The van der Waals surface area contributed by atoms with E-state index in [1.54, 1.807) is 10.9 Å². The number of pyridine rings is 2. The number of anilines is 2. The molecule has 0 spiro atoms. The third-order valence-electron chi connectivity index (χ3n) is 5.10. The number of carbonyl (C=O) groups excluding carboxylic acids is 1. The molecule has 146 valence electrons. The number of nitrogens with one attached hydrogen (secondary N) is 1. The second-order valence-corrected chi connectivity index (χ2v) is 7.51. The first-order valence-corrected chi connectivity index (χ1v) is 9.43. The van der Waals surface area contributed by atoms with Crippen molar-refractivity contribution < 1.29 is 4.79 Å². The van der Waals surface area contributed by atoms with Gasteiger partial charge in [-0.15, -0.1) is 0 Å². The first-order chi connectivity index (χ1) is 13.4. The molecule has 1 fully saturated rings. The van der Waals surface area contributed by atoms with Gasteiger partial charge in [-0.3, -0.25) is 9.48 Å². The second-order valence-electron chi connectivity index (χ2n) is 7.51. The molecule has 3 aromatic rings. The number of aromatic nitrogens is 4. The molecule has 1 N–H and O–H groups in total. The summed E-state index contributed by atoms with van der Waals surface area (Å²) in [6.07, 6.45) is 5.59. The Morgan fingerprint density at radius 1 is 1.21 bits per heavy atom. The van der Waals surface area contributed by atoms with Gasteiger partial charge < -0.3 is 15.1 Å². The predicted molar refractivity (Wildman–Crippen MR) is 110 cm³/mol. The van der Waals surface area contributed by atoms with Crippen LogP contribution in [0.3, 0.4) is 0 Å². The molecule has 0 aromatic carbocycles. The zero-order valence-corrected chi connectivity index (χ0v) is 16.7. The minimum absolute atomic E-state index is 0.143. The standard InChI is InChI=1S/C20H25N7O/c1-13-11-25(3)5-6-27(13)20-17(16-9-22-26(4)12-16)7-15-8-19(23-14(2)28)21-10-18(15)24-20/h7-10,12-13H,5-6,11H2,1-4H3,(H,21,23,28)/t13-/m0/s1. The highest BCUT2D eigenvalue weighted by Gasteiger charge is 2.26. The van der Waals surface area contributed by atoms with Crippen LogP contribution in [0, 0.1) is 0 Å². The molecule has 8 nitrogen and oxygen atoms in total. The minimum Gasteiger partial charge on any atom is -0.351 e.